The van der Waals surface area contributed by atoms with Crippen molar-refractivity contribution in [1.82, 2.24) is 10.3 Å². The van der Waals surface area contributed by atoms with Gasteiger partial charge in [0.1, 0.15) is 0 Å². The summed E-state index contributed by atoms with van der Waals surface area (Å²) in [7, 11) is 0. The van der Waals surface area contributed by atoms with E-state index in [0.717, 1.165) is 12.5 Å². The molecule has 110 valence electrons. The first-order chi connectivity index (χ1) is 9.35. The molecule has 1 aliphatic heterocycles. The number of hydrogen-bond acceptors (Lipinski definition) is 2. The van der Waals surface area contributed by atoms with Gasteiger partial charge in [-0.2, -0.15) is 0 Å². The van der Waals surface area contributed by atoms with Crippen molar-refractivity contribution in [1.29, 1.82) is 0 Å². The molecule has 2 rings (SSSR count). The third-order valence-electron chi connectivity index (χ3n) is 4.63. The first-order valence-corrected chi connectivity index (χ1v) is 8.16. The molecule has 0 radical (unpaired) electrons. The van der Waals surface area contributed by atoms with Gasteiger partial charge in [0.2, 0.25) is 5.96 Å². The van der Waals surface area contributed by atoms with Crippen LogP contribution >= 0.6 is 0 Å². The van der Waals surface area contributed by atoms with Crippen LogP contribution in [0.15, 0.2) is 4.99 Å². The van der Waals surface area contributed by atoms with Crippen molar-refractivity contribution in [2.24, 2.45) is 10.8 Å². The normalized spacial score (nSPS) is 27.2. The summed E-state index contributed by atoms with van der Waals surface area (Å²) in [6, 6.07) is 1.10. The molecular formula is C15H30N4. The molecule has 0 spiro atoms. The van der Waals surface area contributed by atoms with Gasteiger partial charge in [-0.15, -0.1) is 0 Å². The summed E-state index contributed by atoms with van der Waals surface area (Å²) in [6.07, 6.45) is 12.9. The molecule has 0 aromatic heterocycles. The standard InChI is InChI=1S/C15H30N4/c1-2-14-11-7-4-8-12-19(14)15(18-16)17-13-9-5-3-6-10-13/h13-14H,2-12,16H2,1H3,(H,17,18). The lowest BCUT2D eigenvalue weighted by Gasteiger charge is -2.33. The van der Waals surface area contributed by atoms with Gasteiger partial charge in [0, 0.05) is 12.6 Å². The Bertz CT molecular complexity index is 284. The van der Waals surface area contributed by atoms with Gasteiger partial charge in [-0.1, -0.05) is 39.0 Å². The third kappa shape index (κ3) is 4.10. The first-order valence-electron chi connectivity index (χ1n) is 8.16. The number of guanidine groups is 1. The predicted molar refractivity (Wildman–Crippen MR) is 80.9 cm³/mol. The van der Waals surface area contributed by atoms with Crippen LogP contribution in [0.5, 0.6) is 0 Å². The van der Waals surface area contributed by atoms with Gasteiger partial charge in [0.15, 0.2) is 0 Å². The van der Waals surface area contributed by atoms with Crippen LogP contribution in [-0.2, 0) is 0 Å². The van der Waals surface area contributed by atoms with Crippen molar-refractivity contribution in [2.75, 3.05) is 6.54 Å². The van der Waals surface area contributed by atoms with Gasteiger partial charge < -0.3 is 4.90 Å². The van der Waals surface area contributed by atoms with Crippen LogP contribution in [0.3, 0.4) is 0 Å². The van der Waals surface area contributed by atoms with Gasteiger partial charge >= 0.3 is 0 Å². The monoisotopic (exact) mass is 266 g/mol. The molecule has 1 unspecified atom stereocenters. The van der Waals surface area contributed by atoms with Crippen molar-refractivity contribution in [3.63, 3.8) is 0 Å². The minimum absolute atomic E-state index is 0.487. The van der Waals surface area contributed by atoms with Crippen LogP contribution in [0.2, 0.25) is 0 Å². The highest BCUT2D eigenvalue weighted by Gasteiger charge is 2.23. The predicted octanol–water partition coefficient (Wildman–Crippen LogP) is 2.79. The third-order valence-corrected chi connectivity index (χ3v) is 4.63. The zero-order valence-electron chi connectivity index (χ0n) is 12.4. The maximum absolute atomic E-state index is 5.77. The van der Waals surface area contributed by atoms with Crippen LogP contribution < -0.4 is 11.3 Å². The Morgan fingerprint density at radius 1 is 1.11 bits per heavy atom. The summed E-state index contributed by atoms with van der Waals surface area (Å²) in [6.45, 7) is 3.38. The van der Waals surface area contributed by atoms with Gasteiger partial charge in [0.25, 0.3) is 0 Å². The highest BCUT2D eigenvalue weighted by atomic mass is 15.4. The van der Waals surface area contributed by atoms with E-state index in [9.17, 15) is 0 Å². The summed E-state index contributed by atoms with van der Waals surface area (Å²) in [4.78, 5) is 7.36. The number of nitrogens with zero attached hydrogens (tertiary/aromatic N) is 2. The van der Waals surface area contributed by atoms with Gasteiger partial charge in [0.05, 0.1) is 6.04 Å². The van der Waals surface area contributed by atoms with Crippen LogP contribution in [0.1, 0.15) is 71.1 Å². The summed E-state index contributed by atoms with van der Waals surface area (Å²) >= 11 is 0. The second-order valence-electron chi connectivity index (χ2n) is 5.99. The van der Waals surface area contributed by atoms with E-state index in [2.05, 4.69) is 17.2 Å². The van der Waals surface area contributed by atoms with E-state index in [4.69, 9.17) is 10.8 Å². The van der Waals surface area contributed by atoms with E-state index in [1.807, 2.05) is 0 Å². The molecule has 0 amide bonds. The quantitative estimate of drug-likeness (QED) is 0.350. The number of nitrogens with two attached hydrogens (primary N) is 1. The van der Waals surface area contributed by atoms with E-state index < -0.39 is 0 Å². The van der Waals surface area contributed by atoms with E-state index in [1.165, 1.54) is 64.2 Å². The highest BCUT2D eigenvalue weighted by molar-refractivity contribution is 5.80. The highest BCUT2D eigenvalue weighted by Crippen LogP contribution is 2.23. The second-order valence-corrected chi connectivity index (χ2v) is 5.99. The molecule has 3 N–H and O–H groups in total. The van der Waals surface area contributed by atoms with Gasteiger partial charge in [-0.05, 0) is 32.1 Å². The van der Waals surface area contributed by atoms with E-state index in [1.54, 1.807) is 0 Å². The molecule has 0 aromatic carbocycles. The Morgan fingerprint density at radius 3 is 2.47 bits per heavy atom. The fraction of sp³-hybridized carbons (Fsp3) is 0.933. The van der Waals surface area contributed by atoms with Gasteiger partial charge in [-0.25, -0.2) is 10.8 Å². The van der Waals surface area contributed by atoms with Crippen LogP contribution in [0, 0.1) is 0 Å². The number of aliphatic imine (C=N–C) groups is 1. The molecule has 2 aliphatic rings. The van der Waals surface area contributed by atoms with Crippen molar-refractivity contribution < 1.29 is 0 Å². The Labute approximate surface area is 117 Å². The molecular weight excluding hydrogens is 236 g/mol. The van der Waals surface area contributed by atoms with Crippen molar-refractivity contribution in [3.8, 4) is 0 Å². The SMILES string of the molecule is CCC1CCCCCN1C(=NC1CCCCC1)NN. The fourth-order valence-electron chi connectivity index (χ4n) is 3.46. The lowest BCUT2D eigenvalue weighted by Crippen LogP contribution is -2.50. The average Bonchev–Trinajstić information content (AvgIpc) is 2.71. The number of likely N-dealkylation sites (tertiary alicyclic amines) is 1. The minimum Gasteiger partial charge on any atom is -0.339 e. The molecule has 19 heavy (non-hydrogen) atoms. The number of hydrogen-bond donors (Lipinski definition) is 2. The smallest absolute Gasteiger partial charge is 0.208 e. The Morgan fingerprint density at radius 2 is 1.79 bits per heavy atom. The van der Waals surface area contributed by atoms with Crippen LogP contribution in [-0.4, -0.2) is 29.5 Å². The Balaban J connectivity index is 2.06. The number of hydrazine groups is 1. The zero-order chi connectivity index (χ0) is 13.5. The lowest BCUT2D eigenvalue weighted by molar-refractivity contribution is 0.293. The topological polar surface area (TPSA) is 53.6 Å². The Kier molecular flexibility index (Phi) is 5.95. The molecule has 1 saturated heterocycles. The summed E-state index contributed by atoms with van der Waals surface area (Å²) < 4.78 is 0. The van der Waals surface area contributed by atoms with Gasteiger partial charge in [-0.3, -0.25) is 5.43 Å². The Hall–Kier alpha value is -0.770. The van der Waals surface area contributed by atoms with E-state index >= 15 is 0 Å². The van der Waals surface area contributed by atoms with Crippen LogP contribution in [0.4, 0.5) is 0 Å². The van der Waals surface area contributed by atoms with E-state index in [-0.39, 0.29) is 0 Å². The molecule has 1 saturated carbocycles. The first kappa shape index (κ1) is 14.6. The van der Waals surface area contributed by atoms with Crippen molar-refractivity contribution >= 4 is 5.96 Å². The molecule has 2 fully saturated rings. The number of nitrogens with one attached hydrogen (secondary N) is 1. The molecule has 0 bridgehead atoms. The lowest BCUT2D eigenvalue weighted by atomic mass is 9.96. The summed E-state index contributed by atoms with van der Waals surface area (Å²) in [5, 5.41) is 0. The minimum atomic E-state index is 0.487. The molecule has 1 heterocycles. The molecule has 1 atom stereocenters. The maximum atomic E-state index is 5.77. The molecule has 1 aliphatic carbocycles. The molecule has 4 nitrogen and oxygen atoms in total. The fourth-order valence-corrected chi connectivity index (χ4v) is 3.46. The van der Waals surface area contributed by atoms with E-state index in [0.29, 0.717) is 12.1 Å². The molecule has 4 heteroatoms. The maximum Gasteiger partial charge on any atom is 0.208 e. The second kappa shape index (κ2) is 7.73. The van der Waals surface area contributed by atoms with Crippen molar-refractivity contribution in [2.45, 2.75) is 83.2 Å². The molecule has 0 aromatic rings. The average molecular weight is 266 g/mol. The van der Waals surface area contributed by atoms with Crippen LogP contribution in [0.25, 0.3) is 0 Å². The van der Waals surface area contributed by atoms with Crippen molar-refractivity contribution in [3.05, 3.63) is 0 Å². The number of rotatable bonds is 2. The largest absolute Gasteiger partial charge is 0.339 e. The zero-order valence-corrected chi connectivity index (χ0v) is 12.4. The summed E-state index contributed by atoms with van der Waals surface area (Å²) in [5.74, 6) is 6.71. The summed E-state index contributed by atoms with van der Waals surface area (Å²) in [5.41, 5.74) is 2.89.